The first kappa shape index (κ1) is 88.8. The number of esters is 1. The number of pyridine rings is 5. The van der Waals surface area contributed by atoms with E-state index in [2.05, 4.69) is 107 Å². The van der Waals surface area contributed by atoms with Crippen LogP contribution in [0.2, 0.25) is 0 Å². The van der Waals surface area contributed by atoms with Crippen LogP contribution in [-0.2, 0) is 37.8 Å². The van der Waals surface area contributed by atoms with Crippen molar-refractivity contribution in [3.63, 3.8) is 0 Å². The Labute approximate surface area is 733 Å². The van der Waals surface area contributed by atoms with Crippen molar-refractivity contribution < 1.29 is 87.4 Å². The van der Waals surface area contributed by atoms with E-state index in [0.29, 0.717) is 150 Å². The summed E-state index contributed by atoms with van der Waals surface area (Å²) in [6, 6.07) is 12.9. The van der Waals surface area contributed by atoms with Gasteiger partial charge in [-0.2, -0.15) is 26.3 Å². The van der Waals surface area contributed by atoms with Crippen molar-refractivity contribution in [2.24, 2.45) is 0 Å². The molecule has 11 N–H and O–H groups in total. The van der Waals surface area contributed by atoms with Crippen LogP contribution in [0.4, 0.5) is 68.6 Å². The summed E-state index contributed by atoms with van der Waals surface area (Å²) in [5.41, 5.74) is 29.2. The minimum absolute atomic E-state index is 0.00607. The fourth-order valence-electron chi connectivity index (χ4n) is 14.8. The number of aromatic nitrogens is 25. The van der Waals surface area contributed by atoms with E-state index in [9.17, 15) is 54.2 Å². The van der Waals surface area contributed by atoms with Gasteiger partial charge in [0.1, 0.15) is 106 Å². The second kappa shape index (κ2) is 35.9. The maximum atomic E-state index is 14.5. The third-order valence-corrected chi connectivity index (χ3v) is 21.8. The first-order valence-electron chi connectivity index (χ1n) is 40.7. The largest absolute Gasteiger partial charge is 0.479 e. The first-order valence-corrected chi connectivity index (χ1v) is 40.7. The molecule has 5 fully saturated rings. The summed E-state index contributed by atoms with van der Waals surface area (Å²) in [4.78, 5) is 85.2. The number of hydrogen-bond acceptors (Lipinski definition) is 34. The van der Waals surface area contributed by atoms with Gasteiger partial charge < -0.3 is 66.9 Å². The molecular weight excluding hydrogens is 1740 g/mol. The molecule has 0 amide bonds. The number of nitrogen functional groups attached to an aromatic ring is 5. The van der Waals surface area contributed by atoms with Gasteiger partial charge in [0.05, 0.1) is 35.6 Å². The van der Waals surface area contributed by atoms with Crippen LogP contribution in [0.1, 0.15) is 144 Å². The Hall–Kier alpha value is -15.7. The van der Waals surface area contributed by atoms with Gasteiger partial charge in [0, 0.05) is 80.6 Å². The second-order valence-corrected chi connectivity index (χ2v) is 31.0. The number of aliphatic carboxylic acids is 1. The van der Waals surface area contributed by atoms with Crippen LogP contribution in [0.5, 0.6) is 64.5 Å². The second-order valence-electron chi connectivity index (χ2n) is 31.0. The minimum atomic E-state index is -4.58. The van der Waals surface area contributed by atoms with Gasteiger partial charge in [-0.15, -0.1) is 25.5 Å². The van der Waals surface area contributed by atoms with E-state index in [1.807, 2.05) is 30.7 Å². The third-order valence-electron chi connectivity index (χ3n) is 21.8. The topological polar surface area (TPSA) is 532 Å². The molecule has 0 saturated heterocycles. The molecule has 15 heterocycles. The standard InChI is InChI=1S/C18H17F3N6O3.C17H18F2N6O.C16H13F3N6O3.C16H16N6O2.C15H15FN6O/c1-2-29-16(28)17(5-3-6-17)27-14-12(13(22)24-9-25-14)15(26-27)30-11-8-10(4-7-23-11)18(19,20)21;1-10-5-7-21-12(8-10)26-16-13-14(20)22-9-23-15(13)25(24-16)11-4-2-3-6-17(11,18)19;17-16(18,19)8-2-5-21-9(6-8)28-13-10-11(20)22-7-23-12(10)25(24-13)15(14(26)27)3-1-4-15;1-9(2)23-11-5-6-18-12(7-11)24-16-13-14(17)19-8-20-15(13)22(21-16)10-3-4-10;1-8-2-3-18-11(4-8)23-15-12-13(17)19-7-20-14(12)22(21-15)10-5-9(16)6-10/h4,7-9H,2-3,5-6H2,1H3,(H2,22,24,25);5,7-9,11H,2-4,6H2,1H3,(H2,20,22,23);2,5-7H,1,3-4H2,(H,26,27)(H2,20,22,23);5-8,10H,1,3-4H2,2H3,(H2,17,19,20);2-4,7,9-10H,5-6H2,1H3,(H2,17,19,20). The maximum absolute atomic E-state index is 14.5. The van der Waals surface area contributed by atoms with Crippen molar-refractivity contribution in [2.75, 3.05) is 35.3 Å². The molecular formula is C82H79F9N30O10. The fraction of sp³-hybridized carbons (Fsp3) is 0.341. The van der Waals surface area contributed by atoms with Gasteiger partial charge in [0.2, 0.25) is 29.4 Å². The Morgan fingerprint density at radius 1 is 0.458 bits per heavy atom. The molecule has 1 atom stereocenters. The van der Waals surface area contributed by atoms with E-state index in [1.54, 1.807) is 61.4 Å². The number of allylic oxidation sites excluding steroid dienone is 1. The summed E-state index contributed by atoms with van der Waals surface area (Å²) < 4.78 is 166. The zero-order chi connectivity index (χ0) is 92.6. The summed E-state index contributed by atoms with van der Waals surface area (Å²) >= 11 is 0. The third kappa shape index (κ3) is 18.4. The molecule has 15 aromatic heterocycles. The number of halogens is 9. The van der Waals surface area contributed by atoms with Gasteiger partial charge in [0.15, 0.2) is 39.3 Å². The molecule has 0 aromatic carbocycles. The molecule has 0 aliphatic heterocycles. The quantitative estimate of drug-likeness (QED) is 0.0234. The molecule has 680 valence electrons. The molecule has 131 heavy (non-hydrogen) atoms. The Bertz CT molecular complexity index is 6810. The number of carboxylic acid groups (broad SMARTS) is 1. The van der Waals surface area contributed by atoms with Crippen LogP contribution in [0.3, 0.4) is 0 Å². The number of aryl methyl sites for hydroxylation is 2. The van der Waals surface area contributed by atoms with E-state index in [4.69, 9.17) is 61.8 Å². The predicted molar refractivity (Wildman–Crippen MR) is 447 cm³/mol. The highest BCUT2D eigenvalue weighted by atomic mass is 19.4. The minimum Gasteiger partial charge on any atom is -0.479 e. The molecule has 0 bridgehead atoms. The van der Waals surface area contributed by atoms with E-state index in [1.165, 1.54) is 39.4 Å². The number of hydrogen-bond donors (Lipinski definition) is 6. The Morgan fingerprint density at radius 2 is 0.824 bits per heavy atom. The number of nitrogens with zero attached hydrogens (tertiary/aromatic N) is 25. The Morgan fingerprint density at radius 3 is 1.20 bits per heavy atom. The number of anilines is 5. The molecule has 5 aliphatic carbocycles. The van der Waals surface area contributed by atoms with E-state index in [0.717, 1.165) is 67.3 Å². The zero-order valence-electron chi connectivity index (χ0n) is 69.8. The van der Waals surface area contributed by atoms with E-state index >= 15 is 0 Å². The summed E-state index contributed by atoms with van der Waals surface area (Å²) in [5.74, 6) is -1.86. The summed E-state index contributed by atoms with van der Waals surface area (Å²) in [6.45, 7) is 11.2. The van der Waals surface area contributed by atoms with Gasteiger partial charge in [-0.05, 0) is 133 Å². The van der Waals surface area contributed by atoms with Crippen LogP contribution >= 0.6 is 0 Å². The first-order chi connectivity index (χ1) is 62.7. The molecule has 15 aromatic rings. The lowest BCUT2D eigenvalue weighted by Crippen LogP contribution is -2.49. The molecule has 0 radical (unpaired) electrons. The van der Waals surface area contributed by atoms with Gasteiger partial charge >= 0.3 is 24.3 Å². The molecule has 49 heteroatoms. The van der Waals surface area contributed by atoms with Crippen molar-refractivity contribution in [3.05, 3.63) is 158 Å². The van der Waals surface area contributed by atoms with Crippen molar-refractivity contribution in [2.45, 2.75) is 171 Å². The van der Waals surface area contributed by atoms with Gasteiger partial charge in [-0.25, -0.2) is 121 Å². The Balaban J connectivity index is 0.000000120. The molecule has 1 unspecified atom stereocenters. The lowest BCUT2D eigenvalue weighted by atomic mass is 9.77. The summed E-state index contributed by atoms with van der Waals surface area (Å²) in [7, 11) is 0. The monoisotopic (exact) mass is 1810 g/mol. The van der Waals surface area contributed by atoms with Crippen LogP contribution < -0.4 is 57.1 Å². The van der Waals surface area contributed by atoms with Crippen molar-refractivity contribution in [1.29, 1.82) is 0 Å². The number of alkyl halides is 9. The lowest BCUT2D eigenvalue weighted by Gasteiger charge is -2.39. The molecule has 5 saturated carbocycles. The molecule has 40 nitrogen and oxygen atoms in total. The summed E-state index contributed by atoms with van der Waals surface area (Å²) in [5, 5.41) is 33.1. The number of nitrogens with two attached hydrogens (primary N) is 5. The number of carbonyl (C=O) groups excluding carboxylic acids is 1. The van der Waals surface area contributed by atoms with E-state index in [-0.39, 0.29) is 99.5 Å². The molecule has 20 rings (SSSR count). The van der Waals surface area contributed by atoms with Gasteiger partial charge in [-0.3, -0.25) is 0 Å². The van der Waals surface area contributed by atoms with Crippen LogP contribution in [0.15, 0.2) is 136 Å². The lowest BCUT2D eigenvalue weighted by molar-refractivity contribution is -0.159. The highest BCUT2D eigenvalue weighted by Gasteiger charge is 2.52. The van der Waals surface area contributed by atoms with Crippen LogP contribution in [0, 0.1) is 13.8 Å². The SMILES string of the molecule is C=C(C)Oc1ccnc(Oc2nn(C3CC3)c3ncnc(N)c23)c1.CCOC(=O)C1(n2nc(Oc3cc(C(F)(F)F)ccn3)c3c(N)ncnc32)CCC1.Cc1ccnc(Oc2nn(C3CC(F)C3)c3ncnc(N)c23)c1.Cc1ccnc(Oc2nn(C3CCCCC3(F)F)c3ncnc(N)c23)c1.Nc1ncnc2c1c(Oc1cc(C(F)(F)F)ccn1)nn2C1(C(=O)O)CCC1. The molecule has 0 spiro atoms. The highest BCUT2D eigenvalue weighted by molar-refractivity contribution is 5.95. The average Bonchev–Trinajstić information content (AvgIpc) is 1.61. The number of fused-ring (bicyclic) bond motifs is 5. The molecule has 5 aliphatic rings. The van der Waals surface area contributed by atoms with Crippen LogP contribution in [-0.4, -0.2) is 159 Å². The number of carboxylic acids is 1. The van der Waals surface area contributed by atoms with Crippen molar-refractivity contribution in [1.82, 2.24) is 124 Å². The Kier molecular flexibility index (Phi) is 24.3. The van der Waals surface area contributed by atoms with Crippen molar-refractivity contribution in [3.8, 4) is 64.5 Å². The number of ether oxygens (including phenoxy) is 7. The fourth-order valence-corrected chi connectivity index (χ4v) is 14.8. The normalized spacial score (nSPS) is 17.0. The van der Waals surface area contributed by atoms with Crippen molar-refractivity contribution >= 4 is 96.2 Å². The van der Waals surface area contributed by atoms with Gasteiger partial charge in [0.25, 0.3) is 35.3 Å². The summed E-state index contributed by atoms with van der Waals surface area (Å²) in [6.07, 6.45) is 10.6. The van der Waals surface area contributed by atoms with E-state index < -0.39 is 64.6 Å². The maximum Gasteiger partial charge on any atom is 0.416 e. The zero-order valence-corrected chi connectivity index (χ0v) is 69.8. The number of rotatable bonds is 20. The highest BCUT2D eigenvalue weighted by Crippen LogP contribution is 2.50. The average molecular weight is 1820 g/mol. The van der Waals surface area contributed by atoms with Crippen LogP contribution in [0.25, 0.3) is 55.2 Å². The predicted octanol–water partition coefficient (Wildman–Crippen LogP) is 14.7. The number of carbonyl (C=O) groups is 2. The van der Waals surface area contributed by atoms with Gasteiger partial charge in [-0.1, -0.05) is 13.0 Å². The smallest absolute Gasteiger partial charge is 0.416 e.